The van der Waals surface area contributed by atoms with Gasteiger partial charge in [0.2, 0.25) is 0 Å². The van der Waals surface area contributed by atoms with E-state index in [1.807, 2.05) is 78.2 Å². The van der Waals surface area contributed by atoms with Crippen molar-refractivity contribution in [3.05, 3.63) is 95.3 Å². The molecule has 0 unspecified atom stereocenters. The molecule has 0 bridgehead atoms. The van der Waals surface area contributed by atoms with E-state index in [9.17, 15) is 4.79 Å². The summed E-state index contributed by atoms with van der Waals surface area (Å²) in [7, 11) is 1.63. The van der Waals surface area contributed by atoms with Gasteiger partial charge in [-0.1, -0.05) is 48.2 Å². The Kier molecular flexibility index (Phi) is 7.10. The van der Waals surface area contributed by atoms with Crippen LogP contribution in [-0.2, 0) is 12.4 Å². The lowest BCUT2D eigenvalue weighted by atomic mass is 10.1. The maximum Gasteiger partial charge on any atom is 0.196 e. The molecule has 1 heterocycles. The molecule has 0 saturated heterocycles. The normalized spacial score (nSPS) is 10.8. The second-order valence-corrected chi connectivity index (χ2v) is 8.44. The minimum absolute atomic E-state index is 0.0204. The number of nitrogens with zero attached hydrogens (tertiary/aromatic N) is 3. The summed E-state index contributed by atoms with van der Waals surface area (Å²) in [6, 6.07) is 23.4. The minimum Gasteiger partial charge on any atom is -0.496 e. The van der Waals surface area contributed by atoms with Crippen LogP contribution in [0.5, 0.6) is 11.5 Å². The molecule has 4 aromatic rings. The summed E-state index contributed by atoms with van der Waals surface area (Å²) in [5, 5.41) is 9.60. The van der Waals surface area contributed by atoms with Crippen LogP contribution in [0, 0.1) is 6.92 Å². The van der Waals surface area contributed by atoms with E-state index in [-0.39, 0.29) is 12.4 Å². The third-order valence-corrected chi connectivity index (χ3v) is 6.19. The van der Waals surface area contributed by atoms with Gasteiger partial charge in [-0.2, -0.15) is 0 Å². The molecule has 6 nitrogen and oxygen atoms in total. The topological polar surface area (TPSA) is 66.2 Å². The number of hydrogen-bond donors (Lipinski definition) is 0. The van der Waals surface area contributed by atoms with Crippen molar-refractivity contribution in [3.8, 4) is 17.2 Å². The summed E-state index contributed by atoms with van der Waals surface area (Å²) in [6.45, 7) is 3.86. The molecular weight excluding hydrogens is 434 g/mol. The summed E-state index contributed by atoms with van der Waals surface area (Å²) >= 11 is 1.53. The molecule has 4 rings (SSSR count). The van der Waals surface area contributed by atoms with E-state index in [2.05, 4.69) is 10.2 Å². The van der Waals surface area contributed by atoms with Gasteiger partial charge in [0.05, 0.1) is 7.11 Å². The summed E-state index contributed by atoms with van der Waals surface area (Å²) in [5.41, 5.74) is 3.60. The first-order chi connectivity index (χ1) is 16.1. The Morgan fingerprint density at radius 2 is 1.73 bits per heavy atom. The Morgan fingerprint density at radius 3 is 2.45 bits per heavy atom. The van der Waals surface area contributed by atoms with Gasteiger partial charge in [-0.25, -0.2) is 0 Å². The molecule has 0 radical (unpaired) electrons. The Bertz CT molecular complexity index is 1250. The molecule has 7 heteroatoms. The van der Waals surface area contributed by atoms with Crippen LogP contribution in [0.15, 0.2) is 78.0 Å². The second-order valence-electron chi connectivity index (χ2n) is 7.50. The summed E-state index contributed by atoms with van der Waals surface area (Å²) in [4.78, 5) is 11.8. The monoisotopic (exact) mass is 459 g/mol. The quantitative estimate of drug-likeness (QED) is 0.238. The smallest absolute Gasteiger partial charge is 0.196 e. The molecule has 0 N–H and O–H groups in total. The summed E-state index contributed by atoms with van der Waals surface area (Å²) in [6.07, 6.45) is 0. The molecule has 0 fully saturated rings. The van der Waals surface area contributed by atoms with Crippen molar-refractivity contribution in [2.24, 2.45) is 0 Å². The van der Waals surface area contributed by atoms with Crippen LogP contribution in [0.1, 0.15) is 34.2 Å². The zero-order valence-electron chi connectivity index (χ0n) is 18.8. The molecule has 1 aromatic heterocycles. The number of carbonyl (C=O) groups excluding carboxylic acids is 1. The lowest BCUT2D eigenvalue weighted by Crippen LogP contribution is -2.07. The lowest BCUT2D eigenvalue weighted by Gasteiger charge is -2.13. The number of thioether (sulfide) groups is 1. The van der Waals surface area contributed by atoms with Crippen LogP contribution in [-0.4, -0.2) is 27.7 Å². The number of Topliss-reactive ketones (excluding diaryl/α,β-unsaturated/α-hetero) is 1. The highest BCUT2D eigenvalue weighted by Crippen LogP contribution is 2.30. The van der Waals surface area contributed by atoms with Crippen LogP contribution in [0.25, 0.3) is 5.69 Å². The Hall–Kier alpha value is -3.58. The van der Waals surface area contributed by atoms with E-state index in [0.29, 0.717) is 17.1 Å². The fourth-order valence-electron chi connectivity index (χ4n) is 3.44. The highest BCUT2D eigenvalue weighted by molar-refractivity contribution is 7.98. The molecule has 0 saturated carbocycles. The lowest BCUT2D eigenvalue weighted by molar-refractivity contribution is 0.101. The SMILES string of the molecule is COc1ccc(C(C)=O)cc1CSc1nnc(COc2ccccc2C)n1-c1ccccc1. The zero-order chi connectivity index (χ0) is 23.2. The van der Waals surface area contributed by atoms with E-state index in [0.717, 1.165) is 33.5 Å². The predicted octanol–water partition coefficient (Wildman–Crippen LogP) is 5.66. The van der Waals surface area contributed by atoms with Gasteiger partial charge < -0.3 is 9.47 Å². The molecule has 0 spiro atoms. The van der Waals surface area contributed by atoms with Crippen molar-refractivity contribution >= 4 is 17.5 Å². The number of para-hydroxylation sites is 2. The van der Waals surface area contributed by atoms with Gasteiger partial charge in [-0.05, 0) is 55.8 Å². The number of methoxy groups -OCH3 is 1. The fourth-order valence-corrected chi connectivity index (χ4v) is 4.39. The van der Waals surface area contributed by atoms with Crippen molar-refractivity contribution in [1.82, 2.24) is 14.8 Å². The van der Waals surface area contributed by atoms with Gasteiger partial charge in [0.15, 0.2) is 16.8 Å². The predicted molar refractivity (Wildman–Crippen MR) is 129 cm³/mol. The molecule has 0 aliphatic carbocycles. The first kappa shape index (κ1) is 22.6. The number of ether oxygens (including phenoxy) is 2. The first-order valence-electron chi connectivity index (χ1n) is 10.6. The highest BCUT2D eigenvalue weighted by Gasteiger charge is 2.17. The maximum atomic E-state index is 11.8. The fraction of sp³-hybridized carbons (Fsp3) is 0.192. The van der Waals surface area contributed by atoms with Crippen LogP contribution >= 0.6 is 11.8 Å². The average molecular weight is 460 g/mol. The summed E-state index contributed by atoms with van der Waals surface area (Å²) < 4.78 is 13.6. The van der Waals surface area contributed by atoms with E-state index in [1.165, 1.54) is 11.8 Å². The maximum absolute atomic E-state index is 11.8. The molecule has 33 heavy (non-hydrogen) atoms. The van der Waals surface area contributed by atoms with Gasteiger partial charge in [0.25, 0.3) is 0 Å². The minimum atomic E-state index is 0.0204. The van der Waals surface area contributed by atoms with Crippen LogP contribution in [0.2, 0.25) is 0 Å². The number of hydrogen-bond acceptors (Lipinski definition) is 6. The number of aromatic nitrogens is 3. The van der Waals surface area contributed by atoms with E-state index in [4.69, 9.17) is 9.47 Å². The van der Waals surface area contributed by atoms with Crippen LogP contribution in [0.3, 0.4) is 0 Å². The number of rotatable bonds is 9. The van der Waals surface area contributed by atoms with Crippen molar-refractivity contribution < 1.29 is 14.3 Å². The van der Waals surface area contributed by atoms with Crippen molar-refractivity contribution in [1.29, 1.82) is 0 Å². The van der Waals surface area contributed by atoms with Crippen LogP contribution < -0.4 is 9.47 Å². The Labute approximate surface area is 197 Å². The molecule has 0 amide bonds. The van der Waals surface area contributed by atoms with Gasteiger partial charge >= 0.3 is 0 Å². The van der Waals surface area contributed by atoms with Gasteiger partial charge in [-0.3, -0.25) is 9.36 Å². The number of benzene rings is 3. The average Bonchev–Trinajstić information content (AvgIpc) is 3.25. The molecule has 3 aromatic carbocycles. The molecule has 0 aliphatic heterocycles. The van der Waals surface area contributed by atoms with E-state index in [1.54, 1.807) is 20.1 Å². The Balaban J connectivity index is 1.62. The van der Waals surface area contributed by atoms with Crippen molar-refractivity contribution in [3.63, 3.8) is 0 Å². The number of carbonyl (C=O) groups is 1. The number of ketones is 1. The highest BCUT2D eigenvalue weighted by atomic mass is 32.2. The number of aryl methyl sites for hydroxylation is 1. The van der Waals surface area contributed by atoms with Crippen LogP contribution in [0.4, 0.5) is 0 Å². The first-order valence-corrected chi connectivity index (χ1v) is 11.5. The van der Waals surface area contributed by atoms with Crippen molar-refractivity contribution in [2.45, 2.75) is 31.4 Å². The van der Waals surface area contributed by atoms with Gasteiger partial charge in [-0.15, -0.1) is 10.2 Å². The Morgan fingerprint density at radius 1 is 0.970 bits per heavy atom. The van der Waals surface area contributed by atoms with Gasteiger partial charge in [0.1, 0.15) is 18.1 Å². The zero-order valence-corrected chi connectivity index (χ0v) is 19.6. The third kappa shape index (κ3) is 5.26. The third-order valence-electron chi connectivity index (χ3n) is 5.21. The van der Waals surface area contributed by atoms with E-state index >= 15 is 0 Å². The largest absolute Gasteiger partial charge is 0.496 e. The molecular formula is C26H25N3O3S. The standard InChI is InChI=1S/C26H25N3O3S/c1-18-9-7-8-12-23(18)32-16-25-27-28-26(29(25)22-10-5-4-6-11-22)33-17-21-15-20(19(2)30)13-14-24(21)31-3/h4-15H,16-17H2,1-3H3. The second kappa shape index (κ2) is 10.4. The van der Waals surface area contributed by atoms with E-state index < -0.39 is 0 Å². The molecule has 0 atom stereocenters. The molecule has 168 valence electrons. The van der Waals surface area contributed by atoms with Gasteiger partial charge in [0, 0.05) is 22.6 Å². The van der Waals surface area contributed by atoms with Crippen molar-refractivity contribution in [2.75, 3.05) is 7.11 Å². The molecule has 0 aliphatic rings. The summed E-state index contributed by atoms with van der Waals surface area (Å²) in [5.74, 6) is 2.86.